The highest BCUT2D eigenvalue weighted by Crippen LogP contribution is 2.29. The molecule has 0 saturated heterocycles. The first-order valence-corrected chi connectivity index (χ1v) is 7.56. The number of amides is 1. The molecule has 1 aliphatic heterocycles. The van der Waals surface area contributed by atoms with Crippen molar-refractivity contribution < 1.29 is 9.53 Å². The first kappa shape index (κ1) is 13.8. The molecule has 6 nitrogen and oxygen atoms in total. The highest BCUT2D eigenvalue weighted by molar-refractivity contribution is 5.94. The van der Waals surface area contributed by atoms with Crippen molar-refractivity contribution in [2.24, 2.45) is 0 Å². The summed E-state index contributed by atoms with van der Waals surface area (Å²) in [4.78, 5) is 16.6. The van der Waals surface area contributed by atoms with E-state index in [1.807, 2.05) is 31.3 Å². The van der Waals surface area contributed by atoms with Crippen LogP contribution in [0.4, 0.5) is 0 Å². The van der Waals surface area contributed by atoms with Gasteiger partial charge in [0.2, 0.25) is 0 Å². The van der Waals surface area contributed by atoms with Crippen LogP contribution in [0.5, 0.6) is 5.75 Å². The van der Waals surface area contributed by atoms with Crippen molar-refractivity contribution in [2.45, 2.75) is 26.0 Å². The largest absolute Gasteiger partial charge is 0.490 e. The summed E-state index contributed by atoms with van der Waals surface area (Å²) in [6.45, 7) is 2.42. The first-order valence-electron chi connectivity index (χ1n) is 7.56. The zero-order chi connectivity index (χ0) is 15.8. The van der Waals surface area contributed by atoms with E-state index in [2.05, 4.69) is 15.4 Å². The second-order valence-corrected chi connectivity index (χ2v) is 5.70. The molecule has 2 aromatic heterocycles. The van der Waals surface area contributed by atoms with Crippen molar-refractivity contribution in [3.63, 3.8) is 0 Å². The normalized spacial score (nSPS) is 16.1. The maximum Gasteiger partial charge on any atom is 0.251 e. The lowest BCUT2D eigenvalue weighted by molar-refractivity contribution is 0.0951. The summed E-state index contributed by atoms with van der Waals surface area (Å²) in [6, 6.07) is 7.38. The molecule has 0 spiro atoms. The zero-order valence-corrected chi connectivity index (χ0v) is 12.7. The van der Waals surface area contributed by atoms with Gasteiger partial charge in [-0.25, -0.2) is 9.50 Å². The van der Waals surface area contributed by atoms with E-state index in [1.54, 1.807) is 23.0 Å². The molecule has 1 N–H and O–H groups in total. The summed E-state index contributed by atoms with van der Waals surface area (Å²) in [5.74, 6) is 0.767. The molecular weight excluding hydrogens is 292 g/mol. The van der Waals surface area contributed by atoms with Gasteiger partial charge in [0.05, 0.1) is 6.20 Å². The molecule has 0 saturated carbocycles. The molecule has 23 heavy (non-hydrogen) atoms. The lowest BCUT2D eigenvalue weighted by Gasteiger charge is -2.06. The number of nitrogens with one attached hydrogen (secondary N) is 1. The van der Waals surface area contributed by atoms with Gasteiger partial charge in [-0.05, 0) is 36.8 Å². The molecular formula is C17H16N4O2. The van der Waals surface area contributed by atoms with Gasteiger partial charge < -0.3 is 10.1 Å². The van der Waals surface area contributed by atoms with Gasteiger partial charge in [-0.1, -0.05) is 0 Å². The predicted molar refractivity (Wildman–Crippen MR) is 84.4 cm³/mol. The molecule has 1 aliphatic rings. The second kappa shape index (κ2) is 5.39. The van der Waals surface area contributed by atoms with Crippen LogP contribution in [-0.2, 0) is 13.0 Å². The lowest BCUT2D eigenvalue weighted by atomic mass is 10.1. The number of ether oxygens (including phenoxy) is 1. The number of carbonyl (C=O) groups excluding carboxylic acids is 1. The maximum absolute atomic E-state index is 12.4. The quantitative estimate of drug-likeness (QED) is 0.803. The molecule has 3 aromatic rings. The number of aromatic nitrogens is 3. The van der Waals surface area contributed by atoms with Gasteiger partial charge in [-0.2, -0.15) is 5.10 Å². The third-order valence-corrected chi connectivity index (χ3v) is 3.95. The van der Waals surface area contributed by atoms with Gasteiger partial charge in [0.25, 0.3) is 5.91 Å². The Morgan fingerprint density at radius 2 is 2.39 bits per heavy atom. The number of fused-ring (bicyclic) bond motifs is 2. The summed E-state index contributed by atoms with van der Waals surface area (Å²) in [5.41, 5.74) is 3.37. The molecule has 0 fully saturated rings. The molecule has 6 heteroatoms. The van der Waals surface area contributed by atoms with Crippen molar-refractivity contribution in [3.8, 4) is 5.75 Å². The Balaban J connectivity index is 1.49. The van der Waals surface area contributed by atoms with Gasteiger partial charge >= 0.3 is 0 Å². The average Bonchev–Trinajstić information content (AvgIpc) is 3.14. The Kier molecular flexibility index (Phi) is 3.22. The molecule has 1 amide bonds. The van der Waals surface area contributed by atoms with Crippen molar-refractivity contribution in [1.82, 2.24) is 19.9 Å². The van der Waals surface area contributed by atoms with E-state index >= 15 is 0 Å². The van der Waals surface area contributed by atoms with Crippen LogP contribution in [-0.4, -0.2) is 26.6 Å². The maximum atomic E-state index is 12.4. The number of nitrogens with zero attached hydrogens (tertiary/aromatic N) is 3. The van der Waals surface area contributed by atoms with Crippen LogP contribution >= 0.6 is 0 Å². The number of carbonyl (C=O) groups is 1. The standard InChI is InChI=1S/C17H16N4O2/c1-11-7-13-8-12(3-4-15(13)23-11)17(22)19-9-14-10-20-21-6-2-5-18-16(14)21/h2-6,8,10-11H,7,9H2,1H3,(H,19,22)/t11-/m0/s1. The minimum absolute atomic E-state index is 0.109. The van der Waals surface area contributed by atoms with Crippen LogP contribution in [0.1, 0.15) is 28.4 Å². The number of hydrogen-bond donors (Lipinski definition) is 1. The Bertz CT molecular complexity index is 887. The monoisotopic (exact) mass is 308 g/mol. The van der Waals surface area contributed by atoms with Crippen LogP contribution in [0.15, 0.2) is 42.9 Å². The average molecular weight is 308 g/mol. The van der Waals surface area contributed by atoms with Gasteiger partial charge in [-0.15, -0.1) is 0 Å². The van der Waals surface area contributed by atoms with E-state index in [9.17, 15) is 4.79 Å². The van der Waals surface area contributed by atoms with E-state index < -0.39 is 0 Å². The summed E-state index contributed by atoms with van der Waals surface area (Å²) >= 11 is 0. The summed E-state index contributed by atoms with van der Waals surface area (Å²) in [5, 5.41) is 7.13. The zero-order valence-electron chi connectivity index (χ0n) is 12.7. The smallest absolute Gasteiger partial charge is 0.251 e. The second-order valence-electron chi connectivity index (χ2n) is 5.70. The fourth-order valence-corrected chi connectivity index (χ4v) is 2.84. The van der Waals surface area contributed by atoms with Crippen LogP contribution in [0.2, 0.25) is 0 Å². The molecule has 0 aliphatic carbocycles. The van der Waals surface area contributed by atoms with Crippen LogP contribution in [0.25, 0.3) is 5.65 Å². The SMILES string of the molecule is C[C@H]1Cc2cc(C(=O)NCc3cnn4cccnc34)ccc2O1. The summed E-state index contributed by atoms with van der Waals surface area (Å²) < 4.78 is 7.35. The Labute approximate surface area is 133 Å². The molecule has 4 rings (SSSR count). The van der Waals surface area contributed by atoms with Gasteiger partial charge in [-0.3, -0.25) is 4.79 Å². The highest BCUT2D eigenvalue weighted by atomic mass is 16.5. The Hall–Kier alpha value is -2.89. The molecule has 116 valence electrons. The third kappa shape index (κ3) is 2.52. The van der Waals surface area contributed by atoms with Crippen LogP contribution in [0, 0.1) is 0 Å². The van der Waals surface area contributed by atoms with Crippen LogP contribution in [0.3, 0.4) is 0 Å². The molecule has 0 radical (unpaired) electrons. The minimum atomic E-state index is -0.109. The Morgan fingerprint density at radius 3 is 3.30 bits per heavy atom. The number of rotatable bonds is 3. The number of benzene rings is 1. The van der Waals surface area contributed by atoms with Crippen molar-refractivity contribution in [2.75, 3.05) is 0 Å². The van der Waals surface area contributed by atoms with Gasteiger partial charge in [0, 0.05) is 36.5 Å². The summed E-state index contributed by atoms with van der Waals surface area (Å²) in [6.07, 6.45) is 6.28. The van der Waals surface area contributed by atoms with Crippen molar-refractivity contribution in [1.29, 1.82) is 0 Å². The van der Waals surface area contributed by atoms with E-state index in [0.29, 0.717) is 12.1 Å². The van der Waals surface area contributed by atoms with Crippen molar-refractivity contribution >= 4 is 11.6 Å². The molecule has 0 bridgehead atoms. The Morgan fingerprint density at radius 1 is 1.48 bits per heavy atom. The molecule has 3 heterocycles. The molecule has 0 unspecified atom stereocenters. The summed E-state index contributed by atoms with van der Waals surface area (Å²) in [7, 11) is 0. The van der Waals surface area contributed by atoms with Crippen LogP contribution < -0.4 is 10.1 Å². The molecule has 1 aromatic carbocycles. The predicted octanol–water partition coefficient (Wildman–Crippen LogP) is 1.98. The fourth-order valence-electron chi connectivity index (χ4n) is 2.84. The van der Waals surface area contributed by atoms with Crippen molar-refractivity contribution in [3.05, 3.63) is 59.5 Å². The number of hydrogen-bond acceptors (Lipinski definition) is 4. The van der Waals surface area contributed by atoms with E-state index in [1.165, 1.54) is 0 Å². The topological polar surface area (TPSA) is 68.5 Å². The minimum Gasteiger partial charge on any atom is -0.490 e. The van der Waals surface area contributed by atoms with Gasteiger partial charge in [0.15, 0.2) is 5.65 Å². The highest BCUT2D eigenvalue weighted by Gasteiger charge is 2.20. The van der Waals surface area contributed by atoms with Gasteiger partial charge in [0.1, 0.15) is 11.9 Å². The third-order valence-electron chi connectivity index (χ3n) is 3.95. The van der Waals surface area contributed by atoms with E-state index in [0.717, 1.165) is 28.9 Å². The molecule has 1 atom stereocenters. The fraction of sp³-hybridized carbons (Fsp3) is 0.235. The van der Waals surface area contributed by atoms with E-state index in [4.69, 9.17) is 4.74 Å². The van der Waals surface area contributed by atoms with E-state index in [-0.39, 0.29) is 12.0 Å². The lowest BCUT2D eigenvalue weighted by Crippen LogP contribution is -2.22. The first-order chi connectivity index (χ1) is 11.2.